The lowest BCUT2D eigenvalue weighted by Crippen LogP contribution is -2.50. The topological polar surface area (TPSA) is 95.9 Å². The monoisotopic (exact) mass is 320 g/mol. The molecule has 0 aromatic heterocycles. The molecule has 0 radical (unpaired) electrons. The van der Waals surface area contributed by atoms with Gasteiger partial charge in [0.25, 0.3) is 5.91 Å². The Kier molecular flexibility index (Phi) is 5.20. The van der Waals surface area contributed by atoms with Crippen LogP contribution >= 0.6 is 0 Å². The highest BCUT2D eigenvalue weighted by Gasteiger charge is 2.36. The highest BCUT2D eigenvalue weighted by atomic mass is 16.5. The fraction of sp³-hybridized carbons (Fsp3) is 0.438. The molecule has 0 saturated carbocycles. The Morgan fingerprint density at radius 1 is 1.39 bits per heavy atom. The van der Waals surface area contributed by atoms with Gasteiger partial charge in [-0.05, 0) is 31.0 Å². The van der Waals surface area contributed by atoms with Gasteiger partial charge in [0.2, 0.25) is 5.91 Å². The Morgan fingerprint density at radius 2 is 2.13 bits per heavy atom. The third kappa shape index (κ3) is 4.00. The first-order chi connectivity index (χ1) is 10.9. The van der Waals surface area contributed by atoms with E-state index in [0.717, 1.165) is 12.0 Å². The van der Waals surface area contributed by atoms with Gasteiger partial charge in [0.05, 0.1) is 12.1 Å². The van der Waals surface area contributed by atoms with Crippen LogP contribution in [-0.4, -0.2) is 42.1 Å². The predicted molar refractivity (Wildman–Crippen MR) is 83.5 cm³/mol. The van der Waals surface area contributed by atoms with E-state index < -0.39 is 24.4 Å². The zero-order valence-corrected chi connectivity index (χ0v) is 13.2. The molecule has 0 fully saturated rings. The predicted octanol–water partition coefficient (Wildman–Crippen LogP) is 1.09. The second kappa shape index (κ2) is 7.13. The highest BCUT2D eigenvalue weighted by molar-refractivity contribution is 6.05. The summed E-state index contributed by atoms with van der Waals surface area (Å²) >= 11 is 0. The second-order valence-electron chi connectivity index (χ2n) is 5.45. The second-order valence-corrected chi connectivity index (χ2v) is 5.45. The van der Waals surface area contributed by atoms with Crippen molar-refractivity contribution in [3.63, 3.8) is 0 Å². The van der Waals surface area contributed by atoms with Crippen molar-refractivity contribution in [3.8, 4) is 5.75 Å². The van der Waals surface area contributed by atoms with Crippen molar-refractivity contribution in [1.82, 2.24) is 5.32 Å². The number of hydrogen-bond acceptors (Lipinski definition) is 4. The average Bonchev–Trinajstić information content (AvgIpc) is 2.49. The van der Waals surface area contributed by atoms with E-state index in [1.807, 2.05) is 19.9 Å². The lowest BCUT2D eigenvalue weighted by Gasteiger charge is -2.33. The summed E-state index contributed by atoms with van der Waals surface area (Å²) < 4.78 is 5.50. The van der Waals surface area contributed by atoms with Crippen LogP contribution in [0.15, 0.2) is 18.2 Å². The number of aryl methyl sites for hydroxylation is 1. The van der Waals surface area contributed by atoms with E-state index in [-0.39, 0.29) is 12.5 Å². The first-order valence-electron chi connectivity index (χ1n) is 7.49. The number of anilines is 1. The van der Waals surface area contributed by atoms with Crippen LogP contribution in [0.3, 0.4) is 0 Å². The molecule has 1 aliphatic heterocycles. The molecule has 1 unspecified atom stereocenters. The number of carboxylic acid groups (broad SMARTS) is 1. The van der Waals surface area contributed by atoms with Crippen LogP contribution in [-0.2, 0) is 14.4 Å². The fourth-order valence-corrected chi connectivity index (χ4v) is 2.35. The summed E-state index contributed by atoms with van der Waals surface area (Å²) in [6.45, 7) is 4.16. The van der Waals surface area contributed by atoms with Gasteiger partial charge in [-0.3, -0.25) is 19.3 Å². The molecule has 0 saturated heterocycles. The molecule has 7 heteroatoms. The normalized spacial score (nSPS) is 16.5. The summed E-state index contributed by atoms with van der Waals surface area (Å²) in [5, 5.41) is 11.6. The molecular weight excluding hydrogens is 300 g/mol. The maximum absolute atomic E-state index is 12.5. The summed E-state index contributed by atoms with van der Waals surface area (Å²) in [6, 6.07) is 5.24. The quantitative estimate of drug-likeness (QED) is 0.818. The number of rotatable bonds is 6. The molecule has 124 valence electrons. The smallest absolute Gasteiger partial charge is 0.307 e. The van der Waals surface area contributed by atoms with Crippen molar-refractivity contribution < 1.29 is 24.2 Å². The Balaban J connectivity index is 2.29. The molecule has 1 atom stereocenters. The molecule has 1 aromatic carbocycles. The van der Waals surface area contributed by atoms with Crippen LogP contribution in [0.2, 0.25) is 0 Å². The Labute approximate surface area is 134 Å². The van der Waals surface area contributed by atoms with Gasteiger partial charge in [-0.2, -0.15) is 0 Å². The van der Waals surface area contributed by atoms with Crippen LogP contribution in [0.25, 0.3) is 0 Å². The van der Waals surface area contributed by atoms with Gasteiger partial charge in [0.15, 0.2) is 6.10 Å². The van der Waals surface area contributed by atoms with Gasteiger partial charge >= 0.3 is 5.97 Å². The minimum Gasteiger partial charge on any atom is -0.481 e. The summed E-state index contributed by atoms with van der Waals surface area (Å²) in [5.74, 6) is -1.53. The first kappa shape index (κ1) is 16.8. The largest absolute Gasteiger partial charge is 0.481 e. The van der Waals surface area contributed by atoms with Crippen molar-refractivity contribution in [3.05, 3.63) is 23.8 Å². The van der Waals surface area contributed by atoms with Crippen LogP contribution < -0.4 is 15.0 Å². The minimum atomic E-state index is -1.13. The van der Waals surface area contributed by atoms with E-state index in [0.29, 0.717) is 18.0 Å². The summed E-state index contributed by atoms with van der Waals surface area (Å²) in [5.41, 5.74) is 1.40. The maximum atomic E-state index is 12.5. The number of hydrogen-bond donors (Lipinski definition) is 2. The van der Waals surface area contributed by atoms with Crippen LogP contribution in [0, 0.1) is 6.92 Å². The van der Waals surface area contributed by atoms with Crippen molar-refractivity contribution in [1.29, 1.82) is 0 Å². The van der Waals surface area contributed by atoms with Crippen molar-refractivity contribution in [2.24, 2.45) is 0 Å². The zero-order valence-electron chi connectivity index (χ0n) is 13.2. The average molecular weight is 320 g/mol. The molecular formula is C16H20N2O5. The zero-order chi connectivity index (χ0) is 17.0. The first-order valence-corrected chi connectivity index (χ1v) is 7.49. The van der Waals surface area contributed by atoms with E-state index in [4.69, 9.17) is 9.84 Å². The van der Waals surface area contributed by atoms with Crippen LogP contribution in [0.5, 0.6) is 5.75 Å². The minimum absolute atomic E-state index is 0.158. The Bertz CT molecular complexity index is 629. The maximum Gasteiger partial charge on any atom is 0.307 e. The molecule has 1 aromatic rings. The number of benzene rings is 1. The number of amides is 2. The molecule has 1 aliphatic rings. The number of aliphatic carboxylic acids is 1. The van der Waals surface area contributed by atoms with E-state index in [2.05, 4.69) is 5.32 Å². The van der Waals surface area contributed by atoms with Crippen LogP contribution in [0.1, 0.15) is 25.3 Å². The molecule has 2 rings (SSSR count). The van der Waals surface area contributed by atoms with Gasteiger partial charge in [0.1, 0.15) is 12.3 Å². The fourth-order valence-electron chi connectivity index (χ4n) is 2.35. The molecule has 2 amide bonds. The van der Waals surface area contributed by atoms with E-state index in [1.165, 1.54) is 4.90 Å². The number of nitrogens with one attached hydrogen (secondary N) is 1. The highest BCUT2D eigenvalue weighted by Crippen LogP contribution is 2.35. The molecule has 0 aliphatic carbocycles. The molecule has 0 spiro atoms. The number of fused-ring (bicyclic) bond motifs is 1. The number of ether oxygens (including phenoxy) is 1. The Morgan fingerprint density at radius 3 is 2.78 bits per heavy atom. The van der Waals surface area contributed by atoms with Gasteiger partial charge < -0.3 is 15.2 Å². The lowest BCUT2D eigenvalue weighted by molar-refractivity contribution is -0.142. The van der Waals surface area contributed by atoms with Crippen molar-refractivity contribution in [2.75, 3.05) is 18.0 Å². The standard InChI is InChI=1S/C16H20N2O5/c1-3-6-17-14(19)9-18-11-7-10(2)4-5-12(11)23-13(16(18)22)8-15(20)21/h4-5,7,13H,3,6,8-9H2,1-2H3,(H,17,19)(H,20,21). The molecule has 1 heterocycles. The Hall–Kier alpha value is -2.57. The number of carbonyl (C=O) groups is 3. The van der Waals surface area contributed by atoms with Gasteiger partial charge in [-0.25, -0.2) is 0 Å². The van der Waals surface area contributed by atoms with E-state index in [9.17, 15) is 14.4 Å². The van der Waals surface area contributed by atoms with E-state index >= 15 is 0 Å². The molecule has 2 N–H and O–H groups in total. The van der Waals surface area contributed by atoms with Gasteiger partial charge in [-0.1, -0.05) is 13.0 Å². The van der Waals surface area contributed by atoms with Crippen LogP contribution in [0.4, 0.5) is 5.69 Å². The third-order valence-corrected chi connectivity index (χ3v) is 3.45. The lowest BCUT2D eigenvalue weighted by atomic mass is 10.1. The molecule has 7 nitrogen and oxygen atoms in total. The van der Waals surface area contributed by atoms with Crippen molar-refractivity contribution in [2.45, 2.75) is 32.8 Å². The summed E-state index contributed by atoms with van der Waals surface area (Å²) in [6.07, 6.45) is -0.777. The van der Waals surface area contributed by atoms with Crippen molar-refractivity contribution >= 4 is 23.5 Å². The third-order valence-electron chi connectivity index (χ3n) is 3.45. The number of carboxylic acids is 1. The number of nitrogens with zero attached hydrogens (tertiary/aromatic N) is 1. The summed E-state index contributed by atoms with van der Waals surface area (Å²) in [4.78, 5) is 36.7. The molecule has 0 bridgehead atoms. The van der Waals surface area contributed by atoms with Gasteiger partial charge in [-0.15, -0.1) is 0 Å². The van der Waals surface area contributed by atoms with Gasteiger partial charge in [0, 0.05) is 6.54 Å². The van der Waals surface area contributed by atoms with E-state index in [1.54, 1.807) is 12.1 Å². The molecule has 23 heavy (non-hydrogen) atoms. The number of carbonyl (C=O) groups excluding carboxylic acids is 2. The summed E-state index contributed by atoms with van der Waals surface area (Å²) in [7, 11) is 0. The SMILES string of the molecule is CCCNC(=O)CN1C(=O)C(CC(=O)O)Oc2ccc(C)cc21.